The van der Waals surface area contributed by atoms with Gasteiger partial charge in [-0.15, -0.1) is 12.4 Å². The van der Waals surface area contributed by atoms with Crippen LogP contribution in [0.2, 0.25) is 0 Å². The Labute approximate surface area is 123 Å². The molecule has 0 bridgehead atoms. The molecule has 0 aliphatic rings. The van der Waals surface area contributed by atoms with E-state index in [-0.39, 0.29) is 36.5 Å². The molecule has 0 saturated heterocycles. The summed E-state index contributed by atoms with van der Waals surface area (Å²) in [5.74, 6) is -0.159. The van der Waals surface area contributed by atoms with Gasteiger partial charge < -0.3 is 25.1 Å². The van der Waals surface area contributed by atoms with Gasteiger partial charge in [-0.05, 0) is 12.1 Å². The second-order valence-corrected chi connectivity index (χ2v) is 3.75. The van der Waals surface area contributed by atoms with Crippen molar-refractivity contribution in [3.8, 4) is 0 Å². The Bertz CT molecular complexity index is 384. The van der Waals surface area contributed by atoms with E-state index in [4.69, 9.17) is 9.15 Å². The Morgan fingerprint density at radius 1 is 1.25 bits per heavy atom. The summed E-state index contributed by atoms with van der Waals surface area (Å²) in [5.41, 5.74) is 0. The first-order valence-electron chi connectivity index (χ1n) is 6.02. The Kier molecular flexibility index (Phi) is 10.4. The van der Waals surface area contributed by atoms with E-state index in [0.29, 0.717) is 26.2 Å². The first-order chi connectivity index (χ1) is 9.24. The van der Waals surface area contributed by atoms with Crippen LogP contribution in [0.4, 0.5) is 0 Å². The van der Waals surface area contributed by atoms with Gasteiger partial charge in [0.25, 0.3) is 5.91 Å². The van der Waals surface area contributed by atoms with Crippen LogP contribution in [0.1, 0.15) is 10.6 Å². The lowest BCUT2D eigenvalue weighted by molar-refractivity contribution is -0.120. The van der Waals surface area contributed by atoms with Gasteiger partial charge >= 0.3 is 0 Å². The van der Waals surface area contributed by atoms with Gasteiger partial charge in [-0.25, -0.2) is 0 Å². The lowest BCUT2D eigenvalue weighted by Gasteiger charge is -2.07. The van der Waals surface area contributed by atoms with Crippen molar-refractivity contribution in [3.05, 3.63) is 24.2 Å². The van der Waals surface area contributed by atoms with Gasteiger partial charge in [-0.3, -0.25) is 9.59 Å². The number of methoxy groups -OCH3 is 1. The molecule has 0 aromatic carbocycles. The van der Waals surface area contributed by atoms with E-state index in [1.807, 2.05) is 0 Å². The lowest BCUT2D eigenvalue weighted by Crippen LogP contribution is -2.39. The summed E-state index contributed by atoms with van der Waals surface area (Å²) in [5, 5.41) is 8.22. The zero-order valence-electron chi connectivity index (χ0n) is 11.3. The van der Waals surface area contributed by atoms with Crippen LogP contribution in [-0.2, 0) is 9.53 Å². The molecule has 0 unspecified atom stereocenters. The molecule has 7 nitrogen and oxygen atoms in total. The summed E-state index contributed by atoms with van der Waals surface area (Å²) >= 11 is 0. The highest BCUT2D eigenvalue weighted by atomic mass is 35.5. The molecule has 0 spiro atoms. The number of halogens is 1. The molecule has 1 rings (SSSR count). The highest BCUT2D eigenvalue weighted by molar-refractivity contribution is 5.91. The average molecular weight is 306 g/mol. The van der Waals surface area contributed by atoms with E-state index in [9.17, 15) is 9.59 Å². The van der Waals surface area contributed by atoms with Crippen LogP contribution in [0.25, 0.3) is 0 Å². The molecule has 1 heterocycles. The largest absolute Gasteiger partial charge is 0.459 e. The molecule has 1 aromatic heterocycles. The number of carbonyl (C=O) groups is 2. The molecular formula is C12H20ClN3O4. The maximum atomic E-state index is 11.5. The van der Waals surface area contributed by atoms with E-state index in [2.05, 4.69) is 16.0 Å². The molecule has 0 fully saturated rings. The molecule has 20 heavy (non-hydrogen) atoms. The summed E-state index contributed by atoms with van der Waals surface area (Å²) in [6, 6.07) is 3.22. The van der Waals surface area contributed by atoms with Crippen LogP contribution >= 0.6 is 12.4 Å². The molecular weight excluding hydrogens is 286 g/mol. The normalized spacial score (nSPS) is 9.65. The van der Waals surface area contributed by atoms with Crippen molar-refractivity contribution in [1.82, 2.24) is 16.0 Å². The number of ether oxygens (including phenoxy) is 1. The molecule has 0 radical (unpaired) electrons. The third kappa shape index (κ3) is 7.78. The van der Waals surface area contributed by atoms with Gasteiger partial charge in [0.1, 0.15) is 0 Å². The van der Waals surface area contributed by atoms with Gasteiger partial charge in [-0.2, -0.15) is 0 Å². The van der Waals surface area contributed by atoms with Crippen molar-refractivity contribution in [2.45, 2.75) is 0 Å². The Balaban J connectivity index is 0.00000361. The highest BCUT2D eigenvalue weighted by Gasteiger charge is 2.07. The highest BCUT2D eigenvalue weighted by Crippen LogP contribution is 1.98. The topological polar surface area (TPSA) is 92.6 Å². The smallest absolute Gasteiger partial charge is 0.287 e. The van der Waals surface area contributed by atoms with E-state index < -0.39 is 0 Å². The Morgan fingerprint density at radius 3 is 2.65 bits per heavy atom. The molecule has 0 atom stereocenters. The number of hydrogen-bond donors (Lipinski definition) is 3. The second-order valence-electron chi connectivity index (χ2n) is 3.75. The van der Waals surface area contributed by atoms with E-state index in [1.54, 1.807) is 19.2 Å². The second kappa shape index (κ2) is 11.3. The number of carbonyl (C=O) groups excluding carboxylic acids is 2. The van der Waals surface area contributed by atoms with Crippen LogP contribution in [0.15, 0.2) is 22.8 Å². The number of nitrogens with one attached hydrogen (secondary N) is 3. The summed E-state index contributed by atoms with van der Waals surface area (Å²) in [6.45, 7) is 2.14. The van der Waals surface area contributed by atoms with Gasteiger partial charge in [0.05, 0.1) is 19.4 Å². The van der Waals surface area contributed by atoms with Gasteiger partial charge in [0.15, 0.2) is 5.76 Å². The van der Waals surface area contributed by atoms with Crippen molar-refractivity contribution in [2.24, 2.45) is 0 Å². The van der Waals surface area contributed by atoms with E-state index in [0.717, 1.165) is 0 Å². The third-order valence-corrected chi connectivity index (χ3v) is 2.25. The monoisotopic (exact) mass is 305 g/mol. The molecule has 8 heteroatoms. The van der Waals surface area contributed by atoms with Crippen molar-refractivity contribution in [1.29, 1.82) is 0 Å². The van der Waals surface area contributed by atoms with E-state index in [1.165, 1.54) is 6.26 Å². The summed E-state index contributed by atoms with van der Waals surface area (Å²) < 4.78 is 9.76. The van der Waals surface area contributed by atoms with Gasteiger partial charge in [-0.1, -0.05) is 0 Å². The molecule has 3 N–H and O–H groups in total. The first kappa shape index (κ1) is 18.4. The summed E-state index contributed by atoms with van der Waals surface area (Å²) in [7, 11) is 1.60. The number of rotatable bonds is 9. The predicted octanol–water partition coefficient (Wildman–Crippen LogP) is -0.217. The van der Waals surface area contributed by atoms with Crippen LogP contribution in [0.5, 0.6) is 0 Å². The summed E-state index contributed by atoms with van der Waals surface area (Å²) in [4.78, 5) is 22.8. The van der Waals surface area contributed by atoms with Crippen molar-refractivity contribution in [3.63, 3.8) is 0 Å². The Hall–Kier alpha value is -1.57. The fourth-order valence-corrected chi connectivity index (χ4v) is 1.31. The quantitative estimate of drug-likeness (QED) is 0.549. The molecule has 0 aliphatic heterocycles. The maximum Gasteiger partial charge on any atom is 0.287 e. The van der Waals surface area contributed by atoms with Gasteiger partial charge in [0.2, 0.25) is 5.91 Å². The third-order valence-electron chi connectivity index (χ3n) is 2.25. The van der Waals surface area contributed by atoms with E-state index >= 15 is 0 Å². The lowest BCUT2D eigenvalue weighted by atomic mass is 10.4. The average Bonchev–Trinajstić information content (AvgIpc) is 2.93. The minimum atomic E-state index is -0.294. The van der Waals surface area contributed by atoms with Crippen molar-refractivity contribution in [2.75, 3.05) is 39.9 Å². The minimum Gasteiger partial charge on any atom is -0.459 e. The van der Waals surface area contributed by atoms with Gasteiger partial charge in [0, 0.05) is 26.7 Å². The summed E-state index contributed by atoms with van der Waals surface area (Å²) in [6.07, 6.45) is 1.43. The Morgan fingerprint density at radius 2 is 2.00 bits per heavy atom. The zero-order chi connectivity index (χ0) is 13.9. The van der Waals surface area contributed by atoms with Crippen LogP contribution < -0.4 is 16.0 Å². The first-order valence-corrected chi connectivity index (χ1v) is 6.02. The van der Waals surface area contributed by atoms with Crippen LogP contribution in [0.3, 0.4) is 0 Å². The minimum absolute atomic E-state index is 0. The molecule has 114 valence electrons. The SMILES string of the molecule is COCCNCC(=O)NCCNC(=O)c1ccco1.Cl. The maximum absolute atomic E-state index is 11.5. The number of hydrogen-bond acceptors (Lipinski definition) is 5. The molecule has 1 aromatic rings. The van der Waals surface area contributed by atoms with Crippen LogP contribution in [0, 0.1) is 0 Å². The van der Waals surface area contributed by atoms with Crippen LogP contribution in [-0.4, -0.2) is 51.7 Å². The molecule has 0 saturated carbocycles. The van der Waals surface area contributed by atoms with Crippen molar-refractivity contribution >= 4 is 24.2 Å². The fraction of sp³-hybridized carbons (Fsp3) is 0.500. The van der Waals surface area contributed by atoms with Crippen molar-refractivity contribution < 1.29 is 18.7 Å². The standard InChI is InChI=1S/C12H19N3O4.ClH/c1-18-8-6-13-9-11(16)14-4-5-15-12(17)10-3-2-7-19-10;/h2-3,7,13H,4-6,8-9H2,1H3,(H,14,16)(H,15,17);1H. The molecule has 0 aliphatic carbocycles. The number of furan rings is 1. The number of amides is 2. The molecule has 2 amide bonds. The fourth-order valence-electron chi connectivity index (χ4n) is 1.31. The predicted molar refractivity (Wildman–Crippen MR) is 76.0 cm³/mol. The zero-order valence-corrected chi connectivity index (χ0v) is 12.1.